The topological polar surface area (TPSA) is 49.8 Å². The molecule has 0 spiro atoms. The van der Waals surface area contributed by atoms with E-state index >= 15 is 0 Å². The summed E-state index contributed by atoms with van der Waals surface area (Å²) in [6, 6.07) is 0. The van der Waals surface area contributed by atoms with E-state index in [1.165, 1.54) is 25.7 Å². The number of piperidine rings is 1. The minimum Gasteiger partial charge on any atom is -0.378 e. The highest BCUT2D eigenvalue weighted by Crippen LogP contribution is 2.30. The summed E-state index contributed by atoms with van der Waals surface area (Å²) in [5, 5.41) is 4.66. The van der Waals surface area contributed by atoms with E-state index in [1.807, 2.05) is 6.92 Å². The van der Waals surface area contributed by atoms with E-state index in [1.54, 1.807) is 0 Å². The normalized spacial score (nSPS) is 20.1. The first-order chi connectivity index (χ1) is 13.5. The smallest absolute Gasteiger partial charge is 0.378 e. The van der Waals surface area contributed by atoms with Gasteiger partial charge in [-0.15, -0.1) is 11.3 Å². The van der Waals surface area contributed by atoms with Crippen molar-refractivity contribution in [1.82, 2.24) is 15.2 Å². The molecule has 3 rings (SSSR count). The first-order valence-electron chi connectivity index (χ1n) is 10.1. The highest BCUT2D eigenvalue weighted by molar-refractivity contribution is 7.09. The lowest BCUT2D eigenvalue weighted by Crippen LogP contribution is -2.47. The maximum atomic E-state index is 12.7. The molecular formula is C19H29F3N4OS. The van der Waals surface area contributed by atoms with E-state index in [-0.39, 0.29) is 6.54 Å². The number of halogens is 3. The van der Waals surface area contributed by atoms with Gasteiger partial charge in [-0.25, -0.2) is 9.98 Å². The molecule has 2 aliphatic rings. The van der Waals surface area contributed by atoms with Crippen LogP contribution in [0.4, 0.5) is 13.2 Å². The number of rotatable bonds is 6. The van der Waals surface area contributed by atoms with Gasteiger partial charge in [0.05, 0.1) is 12.6 Å². The Hall–Kier alpha value is -1.35. The molecule has 1 aromatic heterocycles. The fourth-order valence-corrected chi connectivity index (χ4v) is 4.49. The number of ether oxygens (including phenoxy) is 1. The molecule has 0 unspecified atom stereocenters. The van der Waals surface area contributed by atoms with Crippen molar-refractivity contribution < 1.29 is 17.9 Å². The second kappa shape index (κ2) is 9.91. The lowest BCUT2D eigenvalue weighted by molar-refractivity contribution is -0.140. The van der Waals surface area contributed by atoms with Gasteiger partial charge in [-0.05, 0) is 38.5 Å². The van der Waals surface area contributed by atoms with Gasteiger partial charge in [0.25, 0.3) is 0 Å². The average Bonchev–Trinajstić information content (AvgIpc) is 3.35. The minimum atomic E-state index is -4.40. The van der Waals surface area contributed by atoms with Crippen LogP contribution in [-0.4, -0.2) is 48.2 Å². The van der Waals surface area contributed by atoms with Crippen molar-refractivity contribution in [2.45, 2.75) is 64.3 Å². The summed E-state index contributed by atoms with van der Waals surface area (Å²) in [6.45, 7) is 5.41. The third kappa shape index (κ3) is 6.07. The van der Waals surface area contributed by atoms with Gasteiger partial charge in [0.1, 0.15) is 5.01 Å². The van der Waals surface area contributed by atoms with E-state index in [9.17, 15) is 13.2 Å². The highest BCUT2D eigenvalue weighted by atomic mass is 32.1. The van der Waals surface area contributed by atoms with Crippen LogP contribution in [0.25, 0.3) is 0 Å². The van der Waals surface area contributed by atoms with Gasteiger partial charge in [0, 0.05) is 31.6 Å². The van der Waals surface area contributed by atoms with Crippen molar-refractivity contribution >= 4 is 17.3 Å². The highest BCUT2D eigenvalue weighted by Gasteiger charge is 2.33. The number of nitrogens with zero attached hydrogens (tertiary/aromatic N) is 3. The van der Waals surface area contributed by atoms with Crippen molar-refractivity contribution in [2.75, 3.05) is 26.2 Å². The Morgan fingerprint density at radius 2 is 2.00 bits per heavy atom. The second-order valence-electron chi connectivity index (χ2n) is 7.46. The second-order valence-corrected chi connectivity index (χ2v) is 8.41. The predicted octanol–water partition coefficient (Wildman–Crippen LogP) is 4.30. The molecule has 0 atom stereocenters. The molecule has 28 heavy (non-hydrogen) atoms. The van der Waals surface area contributed by atoms with Crippen molar-refractivity contribution in [2.24, 2.45) is 10.9 Å². The first kappa shape index (κ1) is 21.4. The first-order valence-corrected chi connectivity index (χ1v) is 11.0. The summed E-state index contributed by atoms with van der Waals surface area (Å²) in [6.07, 6.45) is 3.05. The molecule has 1 saturated carbocycles. The summed E-state index contributed by atoms with van der Waals surface area (Å²) >= 11 is 0.998. The van der Waals surface area contributed by atoms with Crippen LogP contribution in [0.15, 0.2) is 10.4 Å². The largest absolute Gasteiger partial charge is 0.434 e. The molecule has 2 fully saturated rings. The number of hydrogen-bond acceptors (Lipinski definition) is 4. The molecule has 0 amide bonds. The number of guanidine groups is 1. The molecule has 1 saturated heterocycles. The third-order valence-corrected chi connectivity index (χ3v) is 6.16. The zero-order chi connectivity index (χ0) is 20.0. The number of nitrogens with one attached hydrogen (secondary N) is 1. The number of likely N-dealkylation sites (tertiary alicyclic amines) is 1. The van der Waals surface area contributed by atoms with Crippen molar-refractivity contribution in [3.8, 4) is 0 Å². The summed E-state index contributed by atoms with van der Waals surface area (Å²) in [7, 11) is 0. The molecule has 0 radical (unpaired) electrons. The molecule has 1 N–H and O–H groups in total. The van der Waals surface area contributed by atoms with Crippen LogP contribution in [0.2, 0.25) is 0 Å². The molecule has 1 aliphatic carbocycles. The minimum absolute atomic E-state index is 0.154. The van der Waals surface area contributed by atoms with E-state index in [0.717, 1.165) is 61.1 Å². The molecule has 158 valence electrons. The monoisotopic (exact) mass is 418 g/mol. The van der Waals surface area contributed by atoms with Gasteiger partial charge in [0.2, 0.25) is 0 Å². The van der Waals surface area contributed by atoms with Crippen LogP contribution >= 0.6 is 11.3 Å². The molecule has 1 aromatic rings. The summed E-state index contributed by atoms with van der Waals surface area (Å²) in [5.74, 6) is 1.47. The van der Waals surface area contributed by atoms with Gasteiger partial charge < -0.3 is 15.0 Å². The van der Waals surface area contributed by atoms with E-state index < -0.39 is 11.9 Å². The predicted molar refractivity (Wildman–Crippen MR) is 104 cm³/mol. The van der Waals surface area contributed by atoms with Crippen LogP contribution in [0, 0.1) is 5.92 Å². The molecule has 0 aromatic carbocycles. The summed E-state index contributed by atoms with van der Waals surface area (Å²) < 4.78 is 44.2. The zero-order valence-electron chi connectivity index (χ0n) is 16.3. The van der Waals surface area contributed by atoms with Gasteiger partial charge in [-0.3, -0.25) is 0 Å². The van der Waals surface area contributed by atoms with Crippen molar-refractivity contribution in [3.63, 3.8) is 0 Å². The Kier molecular flexibility index (Phi) is 7.56. The van der Waals surface area contributed by atoms with Crippen molar-refractivity contribution in [1.29, 1.82) is 0 Å². The van der Waals surface area contributed by atoms with Gasteiger partial charge in [-0.1, -0.05) is 12.8 Å². The fraction of sp³-hybridized carbons (Fsp3) is 0.789. The average molecular weight is 419 g/mol. The Morgan fingerprint density at radius 3 is 2.61 bits per heavy atom. The lowest BCUT2D eigenvalue weighted by atomic mass is 10.1. The molecule has 0 bridgehead atoms. The van der Waals surface area contributed by atoms with Crippen LogP contribution in [0.3, 0.4) is 0 Å². The number of thiazole rings is 1. The number of alkyl halides is 3. The Balaban J connectivity index is 1.49. The SMILES string of the molecule is CCNC(=NCc1nc(C(F)(F)F)cs1)N1CCC(OCC2CCCC2)CC1. The Morgan fingerprint density at radius 1 is 1.29 bits per heavy atom. The van der Waals surface area contributed by atoms with Crippen LogP contribution in [0.5, 0.6) is 0 Å². The van der Waals surface area contributed by atoms with Gasteiger partial charge >= 0.3 is 6.18 Å². The Bertz CT molecular complexity index is 635. The Labute approximate surface area is 168 Å². The van der Waals surface area contributed by atoms with E-state index in [4.69, 9.17) is 4.74 Å². The van der Waals surface area contributed by atoms with E-state index in [0.29, 0.717) is 17.7 Å². The summed E-state index contributed by atoms with van der Waals surface area (Å²) in [4.78, 5) is 10.3. The number of aromatic nitrogens is 1. The van der Waals surface area contributed by atoms with E-state index in [2.05, 4.69) is 20.2 Å². The molecule has 5 nitrogen and oxygen atoms in total. The molecule has 9 heteroatoms. The lowest BCUT2D eigenvalue weighted by Gasteiger charge is -2.34. The molecule has 1 aliphatic heterocycles. The fourth-order valence-electron chi connectivity index (χ4n) is 3.77. The van der Waals surface area contributed by atoms with Crippen molar-refractivity contribution in [3.05, 3.63) is 16.1 Å². The molecular weight excluding hydrogens is 389 g/mol. The maximum Gasteiger partial charge on any atom is 0.434 e. The van der Waals surface area contributed by atoms with Gasteiger partial charge in [0.15, 0.2) is 11.7 Å². The third-order valence-electron chi connectivity index (χ3n) is 5.33. The van der Waals surface area contributed by atoms with Crippen LogP contribution in [-0.2, 0) is 17.5 Å². The quantitative estimate of drug-likeness (QED) is 0.553. The van der Waals surface area contributed by atoms with Crippen LogP contribution in [0.1, 0.15) is 56.2 Å². The number of hydrogen-bond donors (Lipinski definition) is 1. The molecule has 2 heterocycles. The zero-order valence-corrected chi connectivity index (χ0v) is 17.1. The van der Waals surface area contributed by atoms with Gasteiger partial charge in [-0.2, -0.15) is 13.2 Å². The summed E-state index contributed by atoms with van der Waals surface area (Å²) in [5.41, 5.74) is -0.840. The standard InChI is InChI=1S/C19H29F3N4OS/c1-2-23-18(24-11-17-25-16(13-28-17)19(20,21)22)26-9-7-15(8-10-26)27-12-14-5-3-4-6-14/h13-15H,2-12H2,1H3,(H,23,24). The number of aliphatic imine (C=N–C) groups is 1. The van der Waals surface area contributed by atoms with Crippen LogP contribution < -0.4 is 5.32 Å². The maximum absolute atomic E-state index is 12.7.